The molecule has 1 heterocycles. The van der Waals surface area contributed by atoms with Crippen molar-refractivity contribution in [2.24, 2.45) is 0 Å². The van der Waals surface area contributed by atoms with Gasteiger partial charge in [0.25, 0.3) is 0 Å². The quantitative estimate of drug-likeness (QED) is 0.508. The fraction of sp³-hybridized carbons (Fsp3) is 0.211. The van der Waals surface area contributed by atoms with Crippen molar-refractivity contribution in [1.29, 1.82) is 0 Å². The van der Waals surface area contributed by atoms with Crippen molar-refractivity contribution in [1.82, 2.24) is 10.2 Å². The highest BCUT2D eigenvalue weighted by Gasteiger charge is 2.27. The second-order valence-corrected chi connectivity index (χ2v) is 6.97. The molecule has 26 heavy (non-hydrogen) atoms. The number of methoxy groups -OCH3 is 2. The number of anilines is 1. The molecule has 7 heteroatoms. The molecule has 2 aromatic carbocycles. The molecule has 0 amide bonds. The van der Waals surface area contributed by atoms with Crippen LogP contribution in [0.15, 0.2) is 30.3 Å². The number of nitrogens with zero attached hydrogens (tertiary/aromatic N) is 1. The van der Waals surface area contributed by atoms with Crippen LogP contribution in [0.2, 0.25) is 10.0 Å². The van der Waals surface area contributed by atoms with E-state index in [9.17, 15) is 0 Å². The summed E-state index contributed by atoms with van der Waals surface area (Å²) in [7, 11) is 3.27. The van der Waals surface area contributed by atoms with Crippen LogP contribution in [0.25, 0.3) is 11.3 Å². The van der Waals surface area contributed by atoms with E-state index in [0.717, 1.165) is 40.4 Å². The van der Waals surface area contributed by atoms with Gasteiger partial charge in [-0.2, -0.15) is 5.10 Å². The average Bonchev–Trinajstić information content (AvgIpc) is 3.16. The van der Waals surface area contributed by atoms with Crippen LogP contribution in [0.4, 0.5) is 5.82 Å². The van der Waals surface area contributed by atoms with E-state index >= 15 is 0 Å². The van der Waals surface area contributed by atoms with Crippen LogP contribution in [0.5, 0.6) is 11.5 Å². The Morgan fingerprint density at radius 1 is 1.04 bits per heavy atom. The summed E-state index contributed by atoms with van der Waals surface area (Å²) in [5.74, 6) is 2.32. The molecule has 0 fully saturated rings. The van der Waals surface area contributed by atoms with Crippen LogP contribution in [0.3, 0.4) is 0 Å². The van der Waals surface area contributed by atoms with E-state index < -0.39 is 0 Å². The maximum absolute atomic E-state index is 6.07. The van der Waals surface area contributed by atoms with Crippen molar-refractivity contribution in [2.75, 3.05) is 19.5 Å². The minimum atomic E-state index is 0.595. The molecule has 0 atom stereocenters. The van der Waals surface area contributed by atoms with E-state index in [1.165, 1.54) is 5.56 Å². The second kappa shape index (κ2) is 6.74. The first kappa shape index (κ1) is 17.1. The third-order valence-corrected chi connectivity index (χ3v) is 4.93. The van der Waals surface area contributed by atoms with Gasteiger partial charge in [0.2, 0.25) is 0 Å². The van der Waals surface area contributed by atoms with Crippen LogP contribution in [-0.4, -0.2) is 24.4 Å². The predicted octanol–water partition coefficient (Wildman–Crippen LogP) is 4.92. The topological polar surface area (TPSA) is 59.2 Å². The Hall–Kier alpha value is -2.37. The van der Waals surface area contributed by atoms with E-state index in [2.05, 4.69) is 15.5 Å². The van der Waals surface area contributed by atoms with Crippen LogP contribution < -0.4 is 14.8 Å². The number of aromatic nitrogens is 2. The van der Waals surface area contributed by atoms with E-state index in [4.69, 9.17) is 32.7 Å². The number of rotatable bonds is 5. The van der Waals surface area contributed by atoms with Crippen molar-refractivity contribution >= 4 is 29.0 Å². The molecule has 1 aromatic heterocycles. The molecule has 5 nitrogen and oxygen atoms in total. The number of aromatic amines is 1. The summed E-state index contributed by atoms with van der Waals surface area (Å²) in [6, 6.07) is 9.48. The van der Waals surface area contributed by atoms with Gasteiger partial charge in [0.05, 0.1) is 19.9 Å². The summed E-state index contributed by atoms with van der Waals surface area (Å²) < 4.78 is 10.8. The third kappa shape index (κ3) is 2.97. The van der Waals surface area contributed by atoms with Gasteiger partial charge in [-0.15, -0.1) is 0 Å². The molecule has 2 N–H and O–H groups in total. The van der Waals surface area contributed by atoms with Gasteiger partial charge in [-0.1, -0.05) is 23.2 Å². The van der Waals surface area contributed by atoms with E-state index in [-0.39, 0.29) is 0 Å². The van der Waals surface area contributed by atoms with E-state index in [1.54, 1.807) is 20.3 Å². The molecule has 0 unspecified atom stereocenters. The maximum Gasteiger partial charge on any atom is 0.161 e. The number of halogens is 2. The first-order chi connectivity index (χ1) is 12.6. The molecule has 1 aliphatic carbocycles. The Balaban J connectivity index is 1.60. The number of benzene rings is 2. The molecule has 0 saturated heterocycles. The Labute approximate surface area is 161 Å². The lowest BCUT2D eigenvalue weighted by Gasteiger charge is -2.10. The van der Waals surface area contributed by atoms with Crippen molar-refractivity contribution in [3.63, 3.8) is 0 Å². The van der Waals surface area contributed by atoms with Crippen molar-refractivity contribution in [2.45, 2.75) is 13.0 Å². The second-order valence-electron chi connectivity index (χ2n) is 6.10. The van der Waals surface area contributed by atoms with Gasteiger partial charge in [0.15, 0.2) is 11.5 Å². The van der Waals surface area contributed by atoms with Gasteiger partial charge < -0.3 is 14.8 Å². The Bertz CT molecular complexity index is 965. The average molecular weight is 390 g/mol. The lowest BCUT2D eigenvalue weighted by molar-refractivity contribution is 0.355. The number of ether oxygens (including phenoxy) is 2. The van der Waals surface area contributed by atoms with E-state index in [1.807, 2.05) is 24.3 Å². The number of hydrogen-bond donors (Lipinski definition) is 2. The van der Waals surface area contributed by atoms with Crippen molar-refractivity contribution < 1.29 is 9.47 Å². The zero-order chi connectivity index (χ0) is 18.3. The summed E-state index contributed by atoms with van der Waals surface area (Å²) in [6.45, 7) is 0.595. The van der Waals surface area contributed by atoms with Gasteiger partial charge in [-0.25, -0.2) is 0 Å². The molecule has 0 bridgehead atoms. The first-order valence-electron chi connectivity index (χ1n) is 8.10. The lowest BCUT2D eigenvalue weighted by Crippen LogP contribution is -2.02. The summed E-state index contributed by atoms with van der Waals surface area (Å²) in [4.78, 5) is 0. The van der Waals surface area contributed by atoms with Gasteiger partial charge in [-0.05, 0) is 41.5 Å². The monoisotopic (exact) mass is 389 g/mol. The minimum absolute atomic E-state index is 0.595. The molecule has 0 aliphatic heterocycles. The molecular weight excluding hydrogens is 373 g/mol. The van der Waals surface area contributed by atoms with Crippen molar-refractivity contribution in [3.8, 4) is 22.8 Å². The Morgan fingerprint density at radius 3 is 2.42 bits per heavy atom. The third-order valence-electron chi connectivity index (χ3n) is 4.49. The molecule has 1 aliphatic rings. The number of fused-ring (bicyclic) bond motifs is 3. The molecule has 0 spiro atoms. The largest absolute Gasteiger partial charge is 0.493 e. The molecule has 0 saturated carbocycles. The smallest absolute Gasteiger partial charge is 0.161 e. The van der Waals surface area contributed by atoms with Gasteiger partial charge in [0, 0.05) is 34.1 Å². The highest BCUT2D eigenvalue weighted by Crippen LogP contribution is 2.43. The highest BCUT2D eigenvalue weighted by atomic mass is 35.5. The molecule has 134 valence electrons. The fourth-order valence-electron chi connectivity index (χ4n) is 3.29. The Kier molecular flexibility index (Phi) is 4.42. The molecule has 0 radical (unpaired) electrons. The van der Waals surface area contributed by atoms with Crippen LogP contribution >= 0.6 is 23.2 Å². The lowest BCUT2D eigenvalue weighted by atomic mass is 10.1. The fourth-order valence-corrected chi connectivity index (χ4v) is 3.86. The van der Waals surface area contributed by atoms with Crippen LogP contribution in [0, 0.1) is 0 Å². The number of H-pyrrole nitrogens is 1. The number of nitrogens with one attached hydrogen (secondary N) is 2. The predicted molar refractivity (Wildman–Crippen MR) is 104 cm³/mol. The summed E-state index contributed by atoms with van der Waals surface area (Å²) >= 11 is 12.1. The van der Waals surface area contributed by atoms with Gasteiger partial charge in [0.1, 0.15) is 5.82 Å². The first-order valence-corrected chi connectivity index (χ1v) is 8.86. The SMILES string of the molecule is COc1cc2c(cc1OC)-c1n[nH]c(NCc3cc(Cl)cc(Cl)c3)c1C2. The summed E-state index contributed by atoms with van der Waals surface area (Å²) in [5.41, 5.74) is 5.30. The Morgan fingerprint density at radius 2 is 1.73 bits per heavy atom. The zero-order valence-electron chi connectivity index (χ0n) is 14.3. The van der Waals surface area contributed by atoms with Gasteiger partial charge >= 0.3 is 0 Å². The van der Waals surface area contributed by atoms with Gasteiger partial charge in [-0.3, -0.25) is 5.10 Å². The standard InChI is InChI=1S/C19H17Cl2N3O2/c1-25-16-6-11-5-15-18(14(11)8-17(16)26-2)23-24-19(15)22-9-10-3-12(20)7-13(21)4-10/h3-4,6-8H,5,9H2,1-2H3,(H2,22,23,24). The molecule has 4 rings (SSSR count). The van der Waals surface area contributed by atoms with Crippen molar-refractivity contribution in [3.05, 3.63) is 57.1 Å². The maximum atomic E-state index is 6.07. The summed E-state index contributed by atoms with van der Waals surface area (Å²) in [5, 5.41) is 12.2. The number of hydrogen-bond acceptors (Lipinski definition) is 4. The highest BCUT2D eigenvalue weighted by molar-refractivity contribution is 6.34. The van der Waals surface area contributed by atoms with Crippen LogP contribution in [-0.2, 0) is 13.0 Å². The normalized spacial score (nSPS) is 11.8. The van der Waals surface area contributed by atoms with Crippen LogP contribution in [0.1, 0.15) is 16.7 Å². The molecular formula is C19H17Cl2N3O2. The molecule has 3 aromatic rings. The minimum Gasteiger partial charge on any atom is -0.493 e. The zero-order valence-corrected chi connectivity index (χ0v) is 15.8. The van der Waals surface area contributed by atoms with E-state index in [0.29, 0.717) is 22.3 Å². The summed E-state index contributed by atoms with van der Waals surface area (Å²) in [6.07, 6.45) is 0.778.